The summed E-state index contributed by atoms with van der Waals surface area (Å²) in [4.78, 5) is 12.1. The van der Waals surface area contributed by atoms with Gasteiger partial charge >= 0.3 is 0 Å². The van der Waals surface area contributed by atoms with E-state index in [2.05, 4.69) is 17.2 Å². The van der Waals surface area contributed by atoms with Crippen molar-refractivity contribution in [3.05, 3.63) is 29.8 Å². The largest absolute Gasteiger partial charge is 0.384 e. The smallest absolute Gasteiger partial charge is 0.224 e. The van der Waals surface area contributed by atoms with E-state index in [4.69, 9.17) is 5.11 Å². The SMILES string of the molecule is O=C(CCC1CCCCC1)Nc1ccccc1C#CCO. The Balaban J connectivity index is 1.87. The number of aliphatic hydroxyl groups excluding tert-OH is 1. The lowest BCUT2D eigenvalue weighted by atomic mass is 9.86. The lowest BCUT2D eigenvalue weighted by Gasteiger charge is -2.21. The number of benzene rings is 1. The summed E-state index contributed by atoms with van der Waals surface area (Å²) in [5.74, 6) is 6.25. The van der Waals surface area contributed by atoms with E-state index in [1.54, 1.807) is 0 Å². The molecule has 3 heteroatoms. The Kier molecular flexibility index (Phi) is 6.30. The Morgan fingerprint density at radius 1 is 1.24 bits per heavy atom. The van der Waals surface area contributed by atoms with Crippen LogP contribution < -0.4 is 5.32 Å². The number of hydrogen-bond donors (Lipinski definition) is 2. The second kappa shape index (κ2) is 8.49. The van der Waals surface area contributed by atoms with Crippen molar-refractivity contribution >= 4 is 11.6 Å². The molecule has 3 nitrogen and oxygen atoms in total. The van der Waals surface area contributed by atoms with Crippen molar-refractivity contribution in [1.82, 2.24) is 0 Å². The minimum absolute atomic E-state index is 0.0545. The van der Waals surface area contributed by atoms with E-state index in [0.717, 1.165) is 17.7 Å². The summed E-state index contributed by atoms with van der Waals surface area (Å²) in [6.45, 7) is -0.177. The fourth-order valence-electron chi connectivity index (χ4n) is 2.86. The number of hydrogen-bond acceptors (Lipinski definition) is 2. The number of carbonyl (C=O) groups is 1. The third-order valence-electron chi connectivity index (χ3n) is 4.01. The molecule has 0 bridgehead atoms. The van der Waals surface area contributed by atoms with Crippen molar-refractivity contribution < 1.29 is 9.90 Å². The van der Waals surface area contributed by atoms with Crippen LogP contribution in [0.5, 0.6) is 0 Å². The van der Waals surface area contributed by atoms with E-state index < -0.39 is 0 Å². The van der Waals surface area contributed by atoms with E-state index in [1.165, 1.54) is 32.1 Å². The van der Waals surface area contributed by atoms with Gasteiger partial charge in [0, 0.05) is 12.0 Å². The van der Waals surface area contributed by atoms with Crippen molar-refractivity contribution in [2.45, 2.75) is 44.9 Å². The number of rotatable bonds is 4. The molecule has 0 aromatic heterocycles. The second-order valence-corrected chi connectivity index (χ2v) is 5.60. The molecule has 112 valence electrons. The van der Waals surface area contributed by atoms with Gasteiger partial charge in [-0.15, -0.1) is 0 Å². The van der Waals surface area contributed by atoms with Gasteiger partial charge in [0.1, 0.15) is 6.61 Å². The van der Waals surface area contributed by atoms with E-state index in [9.17, 15) is 4.79 Å². The Labute approximate surface area is 126 Å². The summed E-state index contributed by atoms with van der Waals surface area (Å²) in [6.07, 6.45) is 8.07. The van der Waals surface area contributed by atoms with Crippen LogP contribution in [0.2, 0.25) is 0 Å². The van der Waals surface area contributed by atoms with Gasteiger partial charge in [0.25, 0.3) is 0 Å². The molecule has 2 N–H and O–H groups in total. The molecule has 0 aliphatic heterocycles. The minimum atomic E-state index is -0.177. The van der Waals surface area contributed by atoms with Crippen LogP contribution in [0.15, 0.2) is 24.3 Å². The van der Waals surface area contributed by atoms with Crippen LogP contribution in [0.3, 0.4) is 0 Å². The highest BCUT2D eigenvalue weighted by Gasteiger charge is 2.15. The van der Waals surface area contributed by atoms with Crippen molar-refractivity contribution in [2.75, 3.05) is 11.9 Å². The summed E-state index contributed by atoms with van der Waals surface area (Å²) in [6, 6.07) is 7.44. The molecule has 1 aliphatic rings. The van der Waals surface area contributed by atoms with Crippen molar-refractivity contribution in [3.63, 3.8) is 0 Å². The van der Waals surface area contributed by atoms with Gasteiger partial charge in [0.2, 0.25) is 5.91 Å². The quantitative estimate of drug-likeness (QED) is 0.834. The number of nitrogens with one attached hydrogen (secondary N) is 1. The maximum absolute atomic E-state index is 12.1. The molecule has 21 heavy (non-hydrogen) atoms. The topological polar surface area (TPSA) is 49.3 Å². The monoisotopic (exact) mass is 285 g/mol. The average Bonchev–Trinajstić information content (AvgIpc) is 2.53. The van der Waals surface area contributed by atoms with Crippen LogP contribution in [0.25, 0.3) is 0 Å². The molecule has 2 rings (SSSR count). The Morgan fingerprint density at radius 2 is 2.00 bits per heavy atom. The van der Waals surface area contributed by atoms with Crippen LogP contribution in [-0.2, 0) is 4.79 Å². The molecule has 0 spiro atoms. The van der Waals surface area contributed by atoms with Gasteiger partial charge in [-0.25, -0.2) is 0 Å². The van der Waals surface area contributed by atoms with Crippen molar-refractivity contribution in [2.24, 2.45) is 5.92 Å². The Hall–Kier alpha value is -1.79. The number of amides is 1. The van der Waals surface area contributed by atoms with E-state index in [0.29, 0.717) is 12.3 Å². The highest BCUT2D eigenvalue weighted by atomic mass is 16.2. The van der Waals surface area contributed by atoms with E-state index in [-0.39, 0.29) is 12.5 Å². The fraction of sp³-hybridized carbons (Fsp3) is 0.500. The molecule has 0 unspecified atom stereocenters. The van der Waals surface area contributed by atoms with Crippen LogP contribution in [-0.4, -0.2) is 17.6 Å². The third kappa shape index (κ3) is 5.24. The summed E-state index contributed by atoms with van der Waals surface area (Å²) < 4.78 is 0. The zero-order valence-electron chi connectivity index (χ0n) is 12.4. The first-order chi connectivity index (χ1) is 10.3. The third-order valence-corrected chi connectivity index (χ3v) is 4.01. The molecule has 1 amide bonds. The number of aliphatic hydroxyl groups is 1. The lowest BCUT2D eigenvalue weighted by molar-refractivity contribution is -0.116. The zero-order chi connectivity index (χ0) is 14.9. The summed E-state index contributed by atoms with van der Waals surface area (Å²) in [5.41, 5.74) is 1.48. The number of para-hydroxylation sites is 1. The van der Waals surface area contributed by atoms with Gasteiger partial charge in [-0.3, -0.25) is 4.79 Å². The molecule has 0 heterocycles. The molecule has 0 saturated heterocycles. The predicted molar refractivity (Wildman–Crippen MR) is 84.8 cm³/mol. The molecule has 1 saturated carbocycles. The van der Waals surface area contributed by atoms with Crippen LogP contribution in [0, 0.1) is 17.8 Å². The Morgan fingerprint density at radius 3 is 2.76 bits per heavy atom. The maximum Gasteiger partial charge on any atom is 0.224 e. The predicted octanol–water partition coefficient (Wildman–Crippen LogP) is 3.33. The van der Waals surface area contributed by atoms with E-state index >= 15 is 0 Å². The van der Waals surface area contributed by atoms with Crippen molar-refractivity contribution in [1.29, 1.82) is 0 Å². The number of carbonyl (C=O) groups excluding carboxylic acids is 1. The van der Waals surface area contributed by atoms with Gasteiger partial charge in [-0.05, 0) is 24.5 Å². The normalized spacial score (nSPS) is 15.1. The van der Waals surface area contributed by atoms with Crippen LogP contribution in [0.1, 0.15) is 50.5 Å². The zero-order valence-corrected chi connectivity index (χ0v) is 12.4. The van der Waals surface area contributed by atoms with Gasteiger partial charge < -0.3 is 10.4 Å². The lowest BCUT2D eigenvalue weighted by Crippen LogP contribution is -2.15. The van der Waals surface area contributed by atoms with Gasteiger partial charge in [-0.1, -0.05) is 56.1 Å². The second-order valence-electron chi connectivity index (χ2n) is 5.60. The average molecular weight is 285 g/mol. The summed E-state index contributed by atoms with van der Waals surface area (Å²) in [5, 5.41) is 11.7. The first-order valence-electron chi connectivity index (χ1n) is 7.78. The minimum Gasteiger partial charge on any atom is -0.384 e. The molecule has 0 atom stereocenters. The van der Waals surface area contributed by atoms with Gasteiger partial charge in [0.05, 0.1) is 5.69 Å². The summed E-state index contributed by atoms with van der Waals surface area (Å²) >= 11 is 0. The maximum atomic E-state index is 12.1. The van der Waals surface area contributed by atoms with E-state index in [1.807, 2.05) is 24.3 Å². The van der Waals surface area contributed by atoms with Gasteiger partial charge in [-0.2, -0.15) is 0 Å². The molecule has 1 aromatic rings. The molecule has 0 radical (unpaired) electrons. The molecule has 1 aromatic carbocycles. The van der Waals surface area contributed by atoms with Crippen molar-refractivity contribution in [3.8, 4) is 11.8 Å². The standard InChI is InChI=1S/C18H23NO2/c20-14-6-10-16-9-4-5-11-17(16)19-18(21)13-12-15-7-2-1-3-8-15/h4-5,9,11,15,20H,1-3,7-8,12-14H2,(H,19,21). The number of anilines is 1. The summed E-state index contributed by atoms with van der Waals surface area (Å²) in [7, 11) is 0. The Bertz CT molecular complexity index is 522. The fourth-order valence-corrected chi connectivity index (χ4v) is 2.86. The first-order valence-corrected chi connectivity index (χ1v) is 7.78. The van der Waals surface area contributed by atoms with Crippen LogP contribution in [0.4, 0.5) is 5.69 Å². The molecule has 1 aliphatic carbocycles. The molecular formula is C18H23NO2. The first kappa shape index (κ1) is 15.6. The molecule has 1 fully saturated rings. The van der Waals surface area contributed by atoms with Gasteiger partial charge in [0.15, 0.2) is 0 Å². The molecular weight excluding hydrogens is 262 g/mol. The van der Waals surface area contributed by atoms with Crippen LogP contribution >= 0.6 is 0 Å². The highest BCUT2D eigenvalue weighted by molar-refractivity contribution is 5.92. The highest BCUT2D eigenvalue weighted by Crippen LogP contribution is 2.27.